The fourth-order valence-electron chi connectivity index (χ4n) is 4.96. The van der Waals surface area contributed by atoms with Crippen LogP contribution in [0.15, 0.2) is 97.1 Å². The second-order valence-electron chi connectivity index (χ2n) is 12.5. The van der Waals surface area contributed by atoms with E-state index in [2.05, 4.69) is 48.3 Å². The molecule has 0 aliphatic heterocycles. The third kappa shape index (κ3) is 11.7. The molecular weight excluding hydrogens is 621 g/mol. The number of carbonyl (C=O) groups excluding carboxylic acids is 1. The molecule has 4 rings (SSSR count). The van der Waals surface area contributed by atoms with Crippen LogP contribution in [-0.4, -0.2) is 61.0 Å². The van der Waals surface area contributed by atoms with Crippen molar-refractivity contribution in [2.45, 2.75) is 51.2 Å². The van der Waals surface area contributed by atoms with Gasteiger partial charge in [0.05, 0.1) is 5.56 Å². The number of nitrogens with zero attached hydrogens (tertiary/aromatic N) is 1. The molecule has 0 amide bonds. The first kappa shape index (κ1) is 35.3. The van der Waals surface area contributed by atoms with Gasteiger partial charge in [0, 0.05) is 22.5 Å². The lowest BCUT2D eigenvalue weighted by Gasteiger charge is -2.25. The van der Waals surface area contributed by atoms with Gasteiger partial charge in [0.1, 0.15) is 36.4 Å². The van der Waals surface area contributed by atoms with Gasteiger partial charge in [-0.15, -0.1) is 0 Å². The van der Waals surface area contributed by atoms with E-state index in [0.29, 0.717) is 17.1 Å². The van der Waals surface area contributed by atoms with Crippen LogP contribution in [-0.2, 0) is 11.2 Å². The summed E-state index contributed by atoms with van der Waals surface area (Å²) in [4.78, 5) is 14.5. The predicted molar refractivity (Wildman–Crippen MR) is 186 cm³/mol. The molecule has 4 aromatic carbocycles. The van der Waals surface area contributed by atoms with Gasteiger partial charge >= 0.3 is 5.97 Å². The summed E-state index contributed by atoms with van der Waals surface area (Å²) in [6, 6.07) is 30.8. The normalized spacial score (nSPS) is 12.3. The lowest BCUT2D eigenvalue weighted by molar-refractivity contribution is 0.00693. The van der Waals surface area contributed by atoms with E-state index < -0.39 is 11.7 Å². The van der Waals surface area contributed by atoms with Gasteiger partial charge in [0.2, 0.25) is 0 Å². The molecule has 0 saturated heterocycles. The van der Waals surface area contributed by atoms with Crippen molar-refractivity contribution in [2.75, 3.05) is 33.4 Å². The molecule has 1 N–H and O–H groups in total. The number of likely N-dealkylation sites (N-methyl/N-ethyl adjacent to an activating group) is 1. The largest absolute Gasteiger partial charge is 0.491 e. The van der Waals surface area contributed by atoms with Crippen LogP contribution in [0, 0.1) is 0 Å². The van der Waals surface area contributed by atoms with Crippen molar-refractivity contribution in [1.29, 1.82) is 0 Å². The van der Waals surface area contributed by atoms with Gasteiger partial charge in [-0.3, -0.25) is 0 Å². The van der Waals surface area contributed by atoms with Gasteiger partial charge in [0.25, 0.3) is 0 Å². The number of aliphatic hydroxyl groups is 1. The van der Waals surface area contributed by atoms with Gasteiger partial charge in [-0.1, -0.05) is 59.6 Å². The summed E-state index contributed by atoms with van der Waals surface area (Å²) >= 11 is 12.3. The Morgan fingerprint density at radius 3 is 1.72 bits per heavy atom. The number of aryl methyl sites for hydroxylation is 1. The molecule has 0 aliphatic rings. The standard InChI is InChI=1S/C38H43Cl2NO5/c1-38(2,3)46-37(43)30-13-21-35(22-14-30)45-26-33(42)25-44-34-19-7-27(8-20-34)6-5-23-41(4)24-36(28-9-15-31(39)16-10-28)29-11-17-32(40)18-12-29/h7-22,33,36,42H,5-6,23-26H2,1-4H3. The lowest BCUT2D eigenvalue weighted by atomic mass is 9.91. The fourth-order valence-corrected chi connectivity index (χ4v) is 5.21. The minimum atomic E-state index is -0.815. The zero-order valence-electron chi connectivity index (χ0n) is 26.9. The summed E-state index contributed by atoms with van der Waals surface area (Å²) in [5.41, 5.74) is 3.56. The molecule has 0 fully saturated rings. The highest BCUT2D eigenvalue weighted by molar-refractivity contribution is 6.30. The van der Waals surface area contributed by atoms with Gasteiger partial charge in [-0.05, 0) is 125 Å². The van der Waals surface area contributed by atoms with E-state index in [0.717, 1.165) is 36.0 Å². The van der Waals surface area contributed by atoms with E-state index in [4.69, 9.17) is 37.4 Å². The molecule has 0 aromatic heterocycles. The van der Waals surface area contributed by atoms with Crippen LogP contribution in [0.1, 0.15) is 60.2 Å². The van der Waals surface area contributed by atoms with Crippen LogP contribution in [0.25, 0.3) is 0 Å². The zero-order valence-corrected chi connectivity index (χ0v) is 28.4. The fraction of sp³-hybridized carbons (Fsp3) is 0.342. The van der Waals surface area contributed by atoms with Crippen molar-refractivity contribution >= 4 is 29.2 Å². The van der Waals surface area contributed by atoms with Crippen LogP contribution in [0.2, 0.25) is 10.0 Å². The Hall–Kier alpha value is -3.55. The van der Waals surface area contributed by atoms with Crippen LogP contribution < -0.4 is 9.47 Å². The minimum Gasteiger partial charge on any atom is -0.491 e. The van der Waals surface area contributed by atoms with Crippen molar-refractivity contribution in [3.63, 3.8) is 0 Å². The molecule has 244 valence electrons. The highest BCUT2D eigenvalue weighted by Crippen LogP contribution is 2.28. The maximum absolute atomic E-state index is 12.2. The number of hydrogen-bond donors (Lipinski definition) is 1. The Balaban J connectivity index is 1.18. The Labute approximate surface area is 282 Å². The molecule has 0 bridgehead atoms. The average molecular weight is 665 g/mol. The molecule has 0 heterocycles. The van der Waals surface area contributed by atoms with Crippen LogP contribution in [0.5, 0.6) is 11.5 Å². The van der Waals surface area contributed by atoms with E-state index in [1.165, 1.54) is 16.7 Å². The van der Waals surface area contributed by atoms with Gasteiger partial charge in [0.15, 0.2) is 0 Å². The van der Waals surface area contributed by atoms with E-state index in [1.807, 2.05) is 57.2 Å². The van der Waals surface area contributed by atoms with Gasteiger partial charge in [-0.2, -0.15) is 0 Å². The number of carbonyl (C=O) groups is 1. The summed E-state index contributed by atoms with van der Waals surface area (Å²) in [5.74, 6) is 1.06. The monoisotopic (exact) mass is 663 g/mol. The maximum Gasteiger partial charge on any atom is 0.338 e. The van der Waals surface area contributed by atoms with Gasteiger partial charge < -0.3 is 24.2 Å². The van der Waals surface area contributed by atoms with Crippen LogP contribution in [0.3, 0.4) is 0 Å². The maximum atomic E-state index is 12.2. The van der Waals surface area contributed by atoms with Crippen molar-refractivity contribution < 1.29 is 24.1 Å². The number of benzene rings is 4. The van der Waals surface area contributed by atoms with Gasteiger partial charge in [-0.25, -0.2) is 4.79 Å². The summed E-state index contributed by atoms with van der Waals surface area (Å²) in [7, 11) is 2.16. The molecule has 8 heteroatoms. The van der Waals surface area contributed by atoms with E-state index >= 15 is 0 Å². The molecule has 0 aliphatic carbocycles. The number of ether oxygens (including phenoxy) is 3. The number of aliphatic hydroxyl groups excluding tert-OH is 1. The summed E-state index contributed by atoms with van der Waals surface area (Å²) < 4.78 is 16.8. The molecule has 0 saturated carbocycles. The Bertz CT molecular complexity index is 1460. The van der Waals surface area contributed by atoms with Crippen molar-refractivity contribution in [3.05, 3.63) is 129 Å². The van der Waals surface area contributed by atoms with E-state index in [9.17, 15) is 9.90 Å². The molecule has 0 spiro atoms. The Morgan fingerprint density at radius 2 is 1.24 bits per heavy atom. The molecule has 1 atom stereocenters. The van der Waals surface area contributed by atoms with E-state index in [1.54, 1.807) is 24.3 Å². The molecule has 0 radical (unpaired) electrons. The third-order valence-electron chi connectivity index (χ3n) is 7.34. The minimum absolute atomic E-state index is 0.0638. The van der Waals surface area contributed by atoms with Crippen molar-refractivity contribution in [1.82, 2.24) is 4.90 Å². The molecular formula is C38H43Cl2NO5. The highest BCUT2D eigenvalue weighted by Gasteiger charge is 2.19. The summed E-state index contributed by atoms with van der Waals surface area (Å²) in [6.07, 6.45) is 1.14. The first-order valence-electron chi connectivity index (χ1n) is 15.5. The number of esters is 1. The Kier molecular flexibility index (Phi) is 12.9. The second-order valence-corrected chi connectivity index (χ2v) is 13.3. The first-order chi connectivity index (χ1) is 21.9. The average Bonchev–Trinajstić information content (AvgIpc) is 3.02. The van der Waals surface area contributed by atoms with E-state index in [-0.39, 0.29) is 25.1 Å². The second kappa shape index (κ2) is 16.8. The first-order valence-corrected chi connectivity index (χ1v) is 16.3. The van der Waals surface area contributed by atoms with Crippen molar-refractivity contribution in [3.8, 4) is 11.5 Å². The van der Waals surface area contributed by atoms with Crippen LogP contribution >= 0.6 is 23.2 Å². The zero-order chi connectivity index (χ0) is 33.1. The van der Waals surface area contributed by atoms with Crippen LogP contribution in [0.4, 0.5) is 0 Å². The van der Waals surface area contributed by atoms with Crippen molar-refractivity contribution in [2.24, 2.45) is 0 Å². The number of halogens is 2. The molecule has 6 nitrogen and oxygen atoms in total. The topological polar surface area (TPSA) is 68.2 Å². The molecule has 46 heavy (non-hydrogen) atoms. The third-order valence-corrected chi connectivity index (χ3v) is 7.85. The number of hydrogen-bond acceptors (Lipinski definition) is 6. The predicted octanol–water partition coefficient (Wildman–Crippen LogP) is 8.46. The quantitative estimate of drug-likeness (QED) is 0.129. The molecule has 4 aromatic rings. The Morgan fingerprint density at radius 1 is 0.761 bits per heavy atom. The summed E-state index contributed by atoms with van der Waals surface area (Å²) in [5, 5.41) is 11.8. The smallest absolute Gasteiger partial charge is 0.338 e. The lowest BCUT2D eigenvalue weighted by Crippen LogP contribution is -2.26. The molecule has 1 unspecified atom stereocenters. The summed E-state index contributed by atoms with van der Waals surface area (Å²) in [6.45, 7) is 7.46. The SMILES string of the molecule is CN(CCCc1ccc(OCC(O)COc2ccc(C(=O)OC(C)(C)C)cc2)cc1)CC(c1ccc(Cl)cc1)c1ccc(Cl)cc1. The number of rotatable bonds is 15. The highest BCUT2D eigenvalue weighted by atomic mass is 35.5.